The largest absolute Gasteiger partial charge is 0.292 e. The molecule has 3 nitrogen and oxygen atoms in total. The van der Waals surface area contributed by atoms with Crippen molar-refractivity contribution in [2.45, 2.75) is 19.3 Å². The molecule has 3 heteroatoms. The summed E-state index contributed by atoms with van der Waals surface area (Å²) in [5, 5.41) is 0. The molecule has 0 aliphatic heterocycles. The number of ketones is 1. The molecule has 0 spiro atoms. The summed E-state index contributed by atoms with van der Waals surface area (Å²) in [5.41, 5.74) is 1.71. The number of benzene rings is 1. The van der Waals surface area contributed by atoms with Gasteiger partial charge in [-0.25, -0.2) is 9.97 Å². The minimum Gasteiger partial charge on any atom is -0.292 e. The van der Waals surface area contributed by atoms with Crippen LogP contribution in [0.4, 0.5) is 0 Å². The van der Waals surface area contributed by atoms with Gasteiger partial charge >= 0.3 is 0 Å². The molecule has 0 atom stereocenters. The van der Waals surface area contributed by atoms with Gasteiger partial charge in [-0.2, -0.15) is 0 Å². The minimum absolute atomic E-state index is 0.0552. The molecule has 0 N–H and O–H groups in total. The Morgan fingerprint density at radius 2 is 2.00 bits per heavy atom. The smallest absolute Gasteiger partial charge is 0.198 e. The van der Waals surface area contributed by atoms with Crippen molar-refractivity contribution in [2.75, 3.05) is 0 Å². The van der Waals surface area contributed by atoms with Crippen LogP contribution in [0.2, 0.25) is 0 Å². The zero-order valence-corrected chi connectivity index (χ0v) is 9.47. The Balaban J connectivity index is 1.82. The normalized spacial score (nSPS) is 10.1. The zero-order valence-electron chi connectivity index (χ0n) is 9.47. The van der Waals surface area contributed by atoms with Gasteiger partial charge in [0, 0.05) is 12.6 Å². The Morgan fingerprint density at radius 1 is 1.18 bits per heavy atom. The maximum absolute atomic E-state index is 11.7. The molecule has 2 rings (SSSR count). The predicted molar refractivity (Wildman–Crippen MR) is 64.6 cm³/mol. The molecule has 17 heavy (non-hydrogen) atoms. The number of aromatic nitrogens is 2. The van der Waals surface area contributed by atoms with Crippen LogP contribution >= 0.6 is 0 Å². The summed E-state index contributed by atoms with van der Waals surface area (Å²) in [5.74, 6) is 0.0552. The lowest BCUT2D eigenvalue weighted by Gasteiger charge is -2.00. The molecule has 1 aromatic carbocycles. The molecule has 0 saturated heterocycles. The SMILES string of the molecule is O=C(CCCc1ccccc1)c1ccn[c]n1. The fraction of sp³-hybridized carbons (Fsp3) is 0.214. The molecule has 0 amide bonds. The van der Waals surface area contributed by atoms with Gasteiger partial charge in [-0.1, -0.05) is 30.3 Å². The van der Waals surface area contributed by atoms with Gasteiger partial charge in [-0.3, -0.25) is 4.79 Å². The van der Waals surface area contributed by atoms with Crippen molar-refractivity contribution in [3.05, 3.63) is 60.2 Å². The monoisotopic (exact) mass is 225 g/mol. The van der Waals surface area contributed by atoms with E-state index < -0.39 is 0 Å². The van der Waals surface area contributed by atoms with Gasteiger partial charge < -0.3 is 0 Å². The molecule has 0 aliphatic rings. The summed E-state index contributed by atoms with van der Waals surface area (Å²) in [6, 6.07) is 11.8. The highest BCUT2D eigenvalue weighted by Gasteiger charge is 2.06. The van der Waals surface area contributed by atoms with Crippen molar-refractivity contribution in [2.24, 2.45) is 0 Å². The molecule has 1 aromatic heterocycles. The lowest BCUT2D eigenvalue weighted by molar-refractivity contribution is 0.0975. The van der Waals surface area contributed by atoms with Crippen LogP contribution in [0.25, 0.3) is 0 Å². The molecule has 0 saturated carbocycles. The number of Topliss-reactive ketones (excluding diaryl/α,β-unsaturated/α-hetero) is 1. The van der Waals surface area contributed by atoms with Gasteiger partial charge in [-0.05, 0) is 24.5 Å². The van der Waals surface area contributed by atoms with E-state index in [1.54, 1.807) is 6.07 Å². The number of rotatable bonds is 5. The molecule has 0 aliphatic carbocycles. The second-order valence-electron chi connectivity index (χ2n) is 3.80. The lowest BCUT2D eigenvalue weighted by atomic mass is 10.1. The maximum Gasteiger partial charge on any atom is 0.198 e. The third-order valence-corrected chi connectivity index (χ3v) is 2.53. The van der Waals surface area contributed by atoms with E-state index in [1.165, 1.54) is 11.8 Å². The van der Waals surface area contributed by atoms with Gasteiger partial charge in [0.25, 0.3) is 0 Å². The van der Waals surface area contributed by atoms with E-state index in [9.17, 15) is 4.79 Å². The van der Waals surface area contributed by atoms with Gasteiger partial charge in [-0.15, -0.1) is 0 Å². The van der Waals surface area contributed by atoms with Gasteiger partial charge in [0.1, 0.15) is 5.69 Å². The molecule has 0 fully saturated rings. The van der Waals surface area contributed by atoms with E-state index in [2.05, 4.69) is 28.4 Å². The molecule has 2 aromatic rings. The number of hydrogen-bond donors (Lipinski definition) is 0. The van der Waals surface area contributed by atoms with Crippen LogP contribution < -0.4 is 0 Å². The summed E-state index contributed by atoms with van der Waals surface area (Å²) in [4.78, 5) is 19.2. The molecule has 0 bridgehead atoms. The summed E-state index contributed by atoms with van der Waals surface area (Å²) in [7, 11) is 0. The van der Waals surface area contributed by atoms with E-state index in [-0.39, 0.29) is 5.78 Å². The van der Waals surface area contributed by atoms with Gasteiger partial charge in [0.05, 0.1) is 0 Å². The van der Waals surface area contributed by atoms with Crippen LogP contribution in [0.1, 0.15) is 28.9 Å². The quantitative estimate of drug-likeness (QED) is 0.734. The lowest BCUT2D eigenvalue weighted by Crippen LogP contribution is -2.02. The topological polar surface area (TPSA) is 42.9 Å². The van der Waals surface area contributed by atoms with Crippen molar-refractivity contribution >= 4 is 5.78 Å². The Hall–Kier alpha value is -2.03. The van der Waals surface area contributed by atoms with Crippen molar-refractivity contribution in [1.29, 1.82) is 0 Å². The average Bonchev–Trinajstić information content (AvgIpc) is 2.41. The third kappa shape index (κ3) is 3.48. The number of hydrogen-bond acceptors (Lipinski definition) is 3. The third-order valence-electron chi connectivity index (χ3n) is 2.53. The Morgan fingerprint density at radius 3 is 2.71 bits per heavy atom. The first kappa shape index (κ1) is 11.5. The fourth-order valence-electron chi connectivity index (χ4n) is 1.64. The summed E-state index contributed by atoms with van der Waals surface area (Å²) < 4.78 is 0. The van der Waals surface area contributed by atoms with Crippen molar-refractivity contribution in [3.63, 3.8) is 0 Å². The second-order valence-corrected chi connectivity index (χ2v) is 3.80. The Bertz CT molecular complexity index is 468. The molecule has 85 valence electrons. The van der Waals surface area contributed by atoms with Crippen molar-refractivity contribution in [3.8, 4) is 0 Å². The zero-order chi connectivity index (χ0) is 11.9. The number of carbonyl (C=O) groups is 1. The Kier molecular flexibility index (Phi) is 3.97. The summed E-state index contributed by atoms with van der Waals surface area (Å²) in [6.45, 7) is 0. The average molecular weight is 225 g/mol. The van der Waals surface area contributed by atoms with Gasteiger partial charge in [0.15, 0.2) is 12.1 Å². The highest BCUT2D eigenvalue weighted by Crippen LogP contribution is 2.07. The fourth-order valence-corrected chi connectivity index (χ4v) is 1.64. The van der Waals surface area contributed by atoms with E-state index in [0.717, 1.165) is 12.8 Å². The molecule has 1 heterocycles. The van der Waals surface area contributed by atoms with Crippen LogP contribution in [0, 0.1) is 6.33 Å². The maximum atomic E-state index is 11.7. The van der Waals surface area contributed by atoms with Crippen LogP contribution in [0.3, 0.4) is 0 Å². The Labute approximate surface area is 101 Å². The van der Waals surface area contributed by atoms with Crippen LogP contribution in [0.15, 0.2) is 42.6 Å². The molecule has 1 radical (unpaired) electrons. The van der Waals surface area contributed by atoms with E-state index in [4.69, 9.17) is 0 Å². The molecular formula is C14H13N2O. The highest BCUT2D eigenvalue weighted by molar-refractivity contribution is 5.93. The first-order valence-corrected chi connectivity index (χ1v) is 5.62. The summed E-state index contributed by atoms with van der Waals surface area (Å²) in [6.07, 6.45) is 6.24. The van der Waals surface area contributed by atoms with Gasteiger partial charge in [0.2, 0.25) is 0 Å². The van der Waals surface area contributed by atoms with Crippen molar-refractivity contribution < 1.29 is 4.79 Å². The highest BCUT2D eigenvalue weighted by atomic mass is 16.1. The van der Waals surface area contributed by atoms with E-state index in [1.807, 2.05) is 18.2 Å². The number of nitrogens with zero attached hydrogens (tertiary/aromatic N) is 2. The van der Waals surface area contributed by atoms with E-state index >= 15 is 0 Å². The van der Waals surface area contributed by atoms with Crippen molar-refractivity contribution in [1.82, 2.24) is 9.97 Å². The predicted octanol–water partition coefficient (Wildman–Crippen LogP) is 2.48. The first-order valence-electron chi connectivity index (χ1n) is 5.62. The number of aryl methyl sites for hydroxylation is 1. The number of carbonyl (C=O) groups excluding carboxylic acids is 1. The van der Waals surface area contributed by atoms with E-state index in [0.29, 0.717) is 12.1 Å². The molecular weight excluding hydrogens is 212 g/mol. The molecule has 0 unspecified atom stereocenters. The first-order chi connectivity index (χ1) is 8.36. The summed E-state index contributed by atoms with van der Waals surface area (Å²) >= 11 is 0. The second kappa shape index (κ2) is 5.89. The van der Waals surface area contributed by atoms with Crippen LogP contribution in [-0.2, 0) is 6.42 Å². The minimum atomic E-state index is 0.0552. The van der Waals surface area contributed by atoms with Crippen LogP contribution in [0.5, 0.6) is 0 Å². The van der Waals surface area contributed by atoms with Crippen LogP contribution in [-0.4, -0.2) is 15.8 Å². The standard InChI is InChI=1S/C14H13N2O/c17-14(13-9-10-15-11-16-13)8-4-7-12-5-2-1-3-6-12/h1-3,5-6,9-10H,4,7-8H2.